The second-order valence-corrected chi connectivity index (χ2v) is 27.5. The maximum Gasteiger partial charge on any atom is 0.264 e. The van der Waals surface area contributed by atoms with Crippen molar-refractivity contribution in [3.05, 3.63) is 178 Å². The number of benzene rings is 7. The van der Waals surface area contributed by atoms with E-state index < -0.39 is 0 Å². The van der Waals surface area contributed by atoms with Crippen LogP contribution in [0.15, 0.2) is 133 Å². The molecule has 0 atom stereocenters. The first-order valence-electron chi connectivity index (χ1n) is 26.8. The molecule has 2 aliphatic rings. The quantitative estimate of drug-likeness (QED) is 0.154. The zero-order chi connectivity index (χ0) is 52.5. The van der Waals surface area contributed by atoms with Crippen molar-refractivity contribution < 1.29 is 0 Å². The van der Waals surface area contributed by atoms with Gasteiger partial charge in [-0.2, -0.15) is 0 Å². The number of fused-ring (bicyclic) bond motifs is 6. The summed E-state index contributed by atoms with van der Waals surface area (Å²) >= 11 is 1.98. The van der Waals surface area contributed by atoms with Gasteiger partial charge < -0.3 is 14.7 Å². The molecule has 374 valence electrons. The molecule has 0 N–H and O–H groups in total. The molecule has 0 radical (unpaired) electrons. The van der Waals surface area contributed by atoms with E-state index in [1.165, 1.54) is 110 Å². The Bertz CT molecular complexity index is 3390. The minimum absolute atomic E-state index is 0.00306. The summed E-state index contributed by atoms with van der Waals surface area (Å²) in [4.78, 5) is 7.79. The molecule has 0 amide bonds. The molecule has 3 heterocycles. The highest BCUT2D eigenvalue weighted by Gasteiger charge is 2.46. The lowest BCUT2D eigenvalue weighted by molar-refractivity contribution is 0.589. The Morgan fingerprint density at radius 1 is 0.452 bits per heavy atom. The third-order valence-corrected chi connectivity index (χ3v) is 17.0. The van der Waals surface area contributed by atoms with Crippen LogP contribution in [0.25, 0.3) is 10.1 Å². The molecular weight excluding hydrogens is 902 g/mol. The van der Waals surface area contributed by atoms with Gasteiger partial charge in [0.05, 0.1) is 11.4 Å². The van der Waals surface area contributed by atoms with Crippen molar-refractivity contribution in [1.82, 2.24) is 0 Å². The zero-order valence-corrected chi connectivity index (χ0v) is 48.1. The smallest absolute Gasteiger partial charge is 0.264 e. The molecular formula is C68H78BN3S. The van der Waals surface area contributed by atoms with Crippen LogP contribution < -0.4 is 30.4 Å². The summed E-state index contributed by atoms with van der Waals surface area (Å²) in [6.07, 6.45) is 0.915. The van der Waals surface area contributed by atoms with Gasteiger partial charge in [0.2, 0.25) is 0 Å². The summed E-state index contributed by atoms with van der Waals surface area (Å²) in [7, 11) is 0. The highest BCUT2D eigenvalue weighted by molar-refractivity contribution is 7.33. The van der Waals surface area contributed by atoms with Gasteiger partial charge in [-0.1, -0.05) is 171 Å². The van der Waals surface area contributed by atoms with Crippen LogP contribution in [0.5, 0.6) is 0 Å². The Kier molecular flexibility index (Phi) is 12.1. The van der Waals surface area contributed by atoms with Gasteiger partial charge in [0.25, 0.3) is 6.71 Å². The molecule has 3 nitrogen and oxygen atoms in total. The minimum Gasteiger partial charge on any atom is -0.311 e. The van der Waals surface area contributed by atoms with Gasteiger partial charge in [-0.3, -0.25) is 0 Å². The highest BCUT2D eigenvalue weighted by Crippen LogP contribution is 2.51. The van der Waals surface area contributed by atoms with E-state index in [0.29, 0.717) is 0 Å². The van der Waals surface area contributed by atoms with Gasteiger partial charge in [-0.15, -0.1) is 11.3 Å². The van der Waals surface area contributed by atoms with Gasteiger partial charge >= 0.3 is 0 Å². The number of anilines is 9. The average molecular weight is 980 g/mol. The predicted octanol–water partition coefficient (Wildman–Crippen LogP) is 18.1. The van der Waals surface area contributed by atoms with Crippen molar-refractivity contribution in [2.45, 2.75) is 158 Å². The molecule has 5 heteroatoms. The summed E-state index contributed by atoms with van der Waals surface area (Å²) < 4.78 is 2.72. The molecule has 0 fully saturated rings. The van der Waals surface area contributed by atoms with Crippen molar-refractivity contribution in [3.63, 3.8) is 0 Å². The topological polar surface area (TPSA) is 9.72 Å². The fraction of sp³-hybridized carbons (Fsp3) is 0.353. The van der Waals surface area contributed by atoms with Crippen LogP contribution in [-0.4, -0.2) is 6.71 Å². The summed E-state index contributed by atoms with van der Waals surface area (Å²) in [6, 6.07) is 52.8. The van der Waals surface area contributed by atoms with Crippen molar-refractivity contribution >= 4 is 95.0 Å². The van der Waals surface area contributed by atoms with Gasteiger partial charge in [0.1, 0.15) is 0 Å². The van der Waals surface area contributed by atoms with E-state index in [-0.39, 0.29) is 33.8 Å². The fourth-order valence-electron chi connectivity index (χ4n) is 11.4. The standard InChI is InChI=1S/C68H78BN3S/c1-19-44-38-57-60-58(39-44)72(52-31-24-47(25-32-52)66(10,11)12)62-54-40-48(67(13,14)15)26-35-59(54)73-63(62)69(60)55-34-33-53(41-56(55)71(57)51-29-22-46(23-30-51)65(7,8)9)70(50-27-20-45(21-28-50)64(4,5)6)61-42(2)36-49(37-43(61)3)68(16,17)18/h20-41H,19H2,1-18H3. The SMILES string of the molecule is CCc1cc2c3c(c1)N(c1ccc(C(C)(C)C)cc1)c1c(sc4ccc(C(C)(C)C)cc14)B3c1ccc(N(c3ccc(C(C)(C)C)cc3)c3c(C)cc(C(C)(C)C)cc3C)cc1N2c1ccc(C(C)(C)C)cc1. The van der Waals surface area contributed by atoms with E-state index >= 15 is 0 Å². The molecule has 1 aromatic heterocycles. The number of rotatable bonds is 6. The van der Waals surface area contributed by atoms with Crippen LogP contribution in [0.3, 0.4) is 0 Å². The van der Waals surface area contributed by atoms with Crippen molar-refractivity contribution in [3.8, 4) is 0 Å². The molecule has 73 heavy (non-hydrogen) atoms. The van der Waals surface area contributed by atoms with Crippen molar-refractivity contribution in [2.75, 3.05) is 14.7 Å². The lowest BCUT2D eigenvalue weighted by Gasteiger charge is -2.44. The maximum atomic E-state index is 2.64. The molecule has 0 spiro atoms. The van der Waals surface area contributed by atoms with Gasteiger partial charge in [-0.05, 0) is 176 Å². The minimum atomic E-state index is -0.00306. The molecule has 0 bridgehead atoms. The average Bonchev–Trinajstić information content (AvgIpc) is 3.69. The van der Waals surface area contributed by atoms with E-state index in [4.69, 9.17) is 0 Å². The molecule has 0 saturated carbocycles. The first-order chi connectivity index (χ1) is 34.1. The maximum absolute atomic E-state index is 2.64. The second-order valence-electron chi connectivity index (χ2n) is 26.5. The number of nitrogens with zero attached hydrogens (tertiary/aromatic N) is 3. The number of hydrogen-bond donors (Lipinski definition) is 0. The third kappa shape index (κ3) is 8.92. The number of hydrogen-bond acceptors (Lipinski definition) is 4. The molecule has 7 aromatic carbocycles. The second kappa shape index (κ2) is 17.5. The van der Waals surface area contributed by atoms with E-state index in [1.807, 2.05) is 11.3 Å². The third-order valence-electron chi connectivity index (χ3n) is 15.8. The monoisotopic (exact) mass is 980 g/mol. The van der Waals surface area contributed by atoms with Gasteiger partial charge in [-0.25, -0.2) is 0 Å². The molecule has 8 aromatic rings. The van der Waals surface area contributed by atoms with Crippen LogP contribution in [0.2, 0.25) is 0 Å². The lowest BCUT2D eigenvalue weighted by atomic mass is 9.36. The van der Waals surface area contributed by atoms with Crippen LogP contribution in [0.4, 0.5) is 51.2 Å². The molecule has 2 aliphatic heterocycles. The first kappa shape index (κ1) is 50.5. The zero-order valence-electron chi connectivity index (χ0n) is 47.2. The first-order valence-corrected chi connectivity index (χ1v) is 27.7. The Balaban J connectivity index is 1.29. The Morgan fingerprint density at radius 2 is 0.904 bits per heavy atom. The van der Waals surface area contributed by atoms with Gasteiger partial charge in [0, 0.05) is 54.7 Å². The molecule has 0 unspecified atom stereocenters. The summed E-state index contributed by atoms with van der Waals surface area (Å²) in [5, 5.41) is 1.33. The fourth-order valence-corrected chi connectivity index (χ4v) is 12.7. The lowest BCUT2D eigenvalue weighted by Crippen LogP contribution is -2.60. The molecule has 0 saturated heterocycles. The molecule has 10 rings (SSSR count). The van der Waals surface area contributed by atoms with E-state index in [2.05, 4.69) is 273 Å². The van der Waals surface area contributed by atoms with E-state index in [0.717, 1.165) is 17.8 Å². The van der Waals surface area contributed by atoms with Crippen LogP contribution in [0, 0.1) is 13.8 Å². The largest absolute Gasteiger partial charge is 0.311 e. The van der Waals surface area contributed by atoms with Crippen LogP contribution in [0.1, 0.15) is 155 Å². The summed E-state index contributed by atoms with van der Waals surface area (Å²) in [5.74, 6) is 0. The normalized spacial score (nSPS) is 13.9. The van der Waals surface area contributed by atoms with E-state index in [1.54, 1.807) is 0 Å². The Morgan fingerprint density at radius 3 is 1.40 bits per heavy atom. The summed E-state index contributed by atoms with van der Waals surface area (Å²) in [5.41, 5.74) is 24.3. The number of thiophene rings is 1. The van der Waals surface area contributed by atoms with E-state index in [9.17, 15) is 0 Å². The van der Waals surface area contributed by atoms with Gasteiger partial charge in [0.15, 0.2) is 0 Å². The summed E-state index contributed by atoms with van der Waals surface area (Å²) in [6.45, 7) is 41.7. The molecule has 0 aliphatic carbocycles. The van der Waals surface area contributed by atoms with Crippen molar-refractivity contribution in [2.24, 2.45) is 0 Å². The highest BCUT2D eigenvalue weighted by atomic mass is 32.1. The Hall–Kier alpha value is -6.04. The van der Waals surface area contributed by atoms with Crippen LogP contribution >= 0.6 is 11.3 Å². The predicted molar refractivity (Wildman–Crippen MR) is 323 cm³/mol. The Labute approximate surface area is 443 Å². The van der Waals surface area contributed by atoms with Crippen molar-refractivity contribution in [1.29, 1.82) is 0 Å². The van der Waals surface area contributed by atoms with Crippen LogP contribution in [-0.2, 0) is 33.5 Å². The number of aryl methyl sites for hydroxylation is 3.